The fourth-order valence-electron chi connectivity index (χ4n) is 7.41. The van der Waals surface area contributed by atoms with Crippen molar-refractivity contribution in [1.82, 2.24) is 0 Å². The van der Waals surface area contributed by atoms with Gasteiger partial charge in [0, 0.05) is 5.54 Å². The molecule has 0 aromatic rings. The van der Waals surface area contributed by atoms with Crippen molar-refractivity contribution >= 4 is 0 Å². The first-order valence-corrected chi connectivity index (χ1v) is 14.8. The van der Waals surface area contributed by atoms with Crippen molar-refractivity contribution in [3.8, 4) is 6.07 Å². The van der Waals surface area contributed by atoms with E-state index in [2.05, 4.69) is 68.0 Å². The standard InChI is InChI=1S/C24H40N2.C6H14.C2H6/c1-16-9-10-20(15-25)21(19(16)4)14-23(6)18(3)11-13-22(5)17(2)8-7-12-24(22,23)26;1-4-6(3)5-2;1-2/h16-18,20-21H,4,7-14,26H2,1-3,5-6H3;6H,4-5H2,1-3H3;1-2H3. The molecule has 0 bridgehead atoms. The molecule has 2 heteroatoms. The largest absolute Gasteiger partial charge is 0.324 e. The maximum Gasteiger partial charge on any atom is 0.0662 e. The third-order valence-corrected chi connectivity index (χ3v) is 11.2. The van der Waals surface area contributed by atoms with Gasteiger partial charge in [-0.2, -0.15) is 5.26 Å². The van der Waals surface area contributed by atoms with Crippen LogP contribution in [-0.4, -0.2) is 5.54 Å². The van der Waals surface area contributed by atoms with Gasteiger partial charge >= 0.3 is 0 Å². The van der Waals surface area contributed by atoms with E-state index >= 15 is 0 Å². The first-order valence-electron chi connectivity index (χ1n) is 14.8. The summed E-state index contributed by atoms with van der Waals surface area (Å²) in [7, 11) is 0. The minimum absolute atomic E-state index is 0.0778. The van der Waals surface area contributed by atoms with Gasteiger partial charge in [0.15, 0.2) is 0 Å². The van der Waals surface area contributed by atoms with E-state index in [1.54, 1.807) is 0 Å². The van der Waals surface area contributed by atoms with Crippen molar-refractivity contribution in [2.75, 3.05) is 0 Å². The van der Waals surface area contributed by atoms with Crippen LogP contribution in [0, 0.1) is 57.7 Å². The Balaban J connectivity index is 0.000000631. The first-order chi connectivity index (χ1) is 15.9. The summed E-state index contributed by atoms with van der Waals surface area (Å²) >= 11 is 0. The van der Waals surface area contributed by atoms with E-state index in [1.165, 1.54) is 44.1 Å². The lowest BCUT2D eigenvalue weighted by Crippen LogP contribution is -2.71. The number of allylic oxidation sites excluding steroid dienone is 1. The summed E-state index contributed by atoms with van der Waals surface area (Å²) in [6.45, 7) is 27.3. The van der Waals surface area contributed by atoms with E-state index in [0.29, 0.717) is 23.7 Å². The van der Waals surface area contributed by atoms with Gasteiger partial charge in [-0.3, -0.25) is 0 Å². The molecule has 2 N–H and O–H groups in total. The zero-order valence-corrected chi connectivity index (χ0v) is 24.8. The van der Waals surface area contributed by atoms with Gasteiger partial charge in [-0.15, -0.1) is 0 Å². The Morgan fingerprint density at radius 1 is 1.00 bits per heavy atom. The van der Waals surface area contributed by atoms with Crippen LogP contribution in [0.15, 0.2) is 12.2 Å². The maximum absolute atomic E-state index is 9.81. The van der Waals surface area contributed by atoms with Crippen LogP contribution < -0.4 is 5.73 Å². The van der Waals surface area contributed by atoms with Crippen molar-refractivity contribution in [2.45, 2.75) is 139 Å². The molecule has 0 amide bonds. The molecular weight excluding hydrogens is 412 g/mol. The Kier molecular flexibility index (Phi) is 11.9. The molecule has 0 heterocycles. The van der Waals surface area contributed by atoms with E-state index < -0.39 is 0 Å². The zero-order chi connectivity index (χ0) is 26.3. The van der Waals surface area contributed by atoms with Gasteiger partial charge < -0.3 is 5.73 Å². The summed E-state index contributed by atoms with van der Waals surface area (Å²) in [6, 6.07) is 2.63. The number of hydrogen-bond donors (Lipinski definition) is 1. The van der Waals surface area contributed by atoms with Crippen LogP contribution in [0.1, 0.15) is 133 Å². The number of nitrogens with zero attached hydrogens (tertiary/aromatic N) is 1. The second kappa shape index (κ2) is 12.9. The third-order valence-electron chi connectivity index (χ3n) is 11.2. The molecule has 3 aliphatic rings. The normalized spacial score (nSPS) is 41.9. The van der Waals surface area contributed by atoms with E-state index in [0.717, 1.165) is 31.6 Å². The SMILES string of the molecule is C=C1C(C)CCC(C#N)C1CC1(C)C(C)CCC2(C)C(C)CCCC21N.CC.CCC(C)CC. The molecular formula is C32H60N2. The second-order valence-corrected chi connectivity index (χ2v) is 12.6. The highest BCUT2D eigenvalue weighted by Gasteiger charge is 2.64. The van der Waals surface area contributed by atoms with Gasteiger partial charge in [-0.05, 0) is 78.9 Å². The maximum atomic E-state index is 9.81. The van der Waals surface area contributed by atoms with Gasteiger partial charge in [-0.1, -0.05) is 107 Å². The van der Waals surface area contributed by atoms with Crippen LogP contribution in [0.4, 0.5) is 0 Å². The Bertz CT molecular complexity index is 673. The number of rotatable bonds is 4. The average Bonchev–Trinajstić information content (AvgIpc) is 2.84. The van der Waals surface area contributed by atoms with Crippen LogP contribution in [-0.2, 0) is 0 Å². The highest BCUT2D eigenvalue weighted by molar-refractivity contribution is 5.21. The van der Waals surface area contributed by atoms with E-state index in [9.17, 15) is 5.26 Å². The van der Waals surface area contributed by atoms with Crippen molar-refractivity contribution in [1.29, 1.82) is 5.26 Å². The minimum Gasteiger partial charge on any atom is -0.324 e. The molecule has 3 aliphatic carbocycles. The molecule has 0 spiro atoms. The van der Waals surface area contributed by atoms with Crippen LogP contribution in [0.5, 0.6) is 0 Å². The second-order valence-electron chi connectivity index (χ2n) is 12.6. The molecule has 198 valence electrons. The van der Waals surface area contributed by atoms with Gasteiger partial charge in [0.25, 0.3) is 0 Å². The van der Waals surface area contributed by atoms with Gasteiger partial charge in [0.2, 0.25) is 0 Å². The van der Waals surface area contributed by atoms with E-state index in [1.807, 2.05) is 13.8 Å². The van der Waals surface area contributed by atoms with Crippen molar-refractivity contribution in [3.05, 3.63) is 12.2 Å². The molecule has 0 saturated heterocycles. The third kappa shape index (κ3) is 5.77. The summed E-state index contributed by atoms with van der Waals surface area (Å²) in [6.07, 6.45) is 12.1. The molecule has 8 atom stereocenters. The summed E-state index contributed by atoms with van der Waals surface area (Å²) in [5, 5.41) is 9.81. The molecule has 0 aromatic carbocycles. The van der Waals surface area contributed by atoms with Gasteiger partial charge in [0.1, 0.15) is 0 Å². The summed E-state index contributed by atoms with van der Waals surface area (Å²) < 4.78 is 0. The quantitative estimate of drug-likeness (QED) is 0.414. The van der Waals surface area contributed by atoms with Crippen LogP contribution in [0.2, 0.25) is 0 Å². The molecule has 3 fully saturated rings. The lowest BCUT2D eigenvalue weighted by atomic mass is 9.40. The summed E-state index contributed by atoms with van der Waals surface area (Å²) in [4.78, 5) is 0. The number of nitrogens with two attached hydrogens (primary N) is 1. The lowest BCUT2D eigenvalue weighted by Gasteiger charge is -2.67. The fraction of sp³-hybridized carbons (Fsp3) is 0.906. The Morgan fingerprint density at radius 2 is 1.59 bits per heavy atom. The van der Waals surface area contributed by atoms with Crippen molar-refractivity contribution < 1.29 is 0 Å². The van der Waals surface area contributed by atoms with Crippen LogP contribution >= 0.6 is 0 Å². The molecule has 3 rings (SSSR count). The molecule has 3 saturated carbocycles. The van der Waals surface area contributed by atoms with Crippen molar-refractivity contribution in [2.24, 2.45) is 52.1 Å². The molecule has 8 unspecified atom stereocenters. The van der Waals surface area contributed by atoms with Crippen molar-refractivity contribution in [3.63, 3.8) is 0 Å². The Hall–Kier alpha value is -0.810. The monoisotopic (exact) mass is 472 g/mol. The van der Waals surface area contributed by atoms with Crippen LogP contribution in [0.3, 0.4) is 0 Å². The highest BCUT2D eigenvalue weighted by atomic mass is 14.9. The molecule has 34 heavy (non-hydrogen) atoms. The number of hydrogen-bond acceptors (Lipinski definition) is 2. The Labute approximate surface area is 214 Å². The molecule has 0 aromatic heterocycles. The molecule has 0 radical (unpaired) electrons. The average molecular weight is 473 g/mol. The van der Waals surface area contributed by atoms with Gasteiger partial charge in [0.05, 0.1) is 12.0 Å². The van der Waals surface area contributed by atoms with Crippen LogP contribution in [0.25, 0.3) is 0 Å². The fourth-order valence-corrected chi connectivity index (χ4v) is 7.41. The molecule has 2 nitrogen and oxygen atoms in total. The summed E-state index contributed by atoms with van der Waals surface area (Å²) in [5.74, 6) is 3.21. The topological polar surface area (TPSA) is 49.8 Å². The highest BCUT2D eigenvalue weighted by Crippen LogP contribution is 2.65. The lowest BCUT2D eigenvalue weighted by molar-refractivity contribution is -0.136. The first kappa shape index (κ1) is 31.2. The zero-order valence-electron chi connectivity index (χ0n) is 24.8. The van der Waals surface area contributed by atoms with E-state index in [4.69, 9.17) is 5.73 Å². The van der Waals surface area contributed by atoms with Gasteiger partial charge in [-0.25, -0.2) is 0 Å². The molecule has 0 aliphatic heterocycles. The summed E-state index contributed by atoms with van der Waals surface area (Å²) in [5.41, 5.74) is 8.91. The predicted molar refractivity (Wildman–Crippen MR) is 150 cm³/mol. The Morgan fingerprint density at radius 3 is 2.09 bits per heavy atom. The number of fused-ring (bicyclic) bond motifs is 1. The smallest absolute Gasteiger partial charge is 0.0662 e. The minimum atomic E-state index is -0.129. The predicted octanol–water partition coefficient (Wildman–Crippen LogP) is 9.55. The number of nitriles is 1. The van der Waals surface area contributed by atoms with E-state index in [-0.39, 0.29) is 22.3 Å².